The summed E-state index contributed by atoms with van der Waals surface area (Å²) in [6.45, 7) is 5.59. The molecule has 0 saturated carbocycles. The normalized spacial score (nSPS) is 12.2. The first-order valence-electron chi connectivity index (χ1n) is 11.5. The van der Waals surface area contributed by atoms with Crippen LogP contribution in [0.15, 0.2) is 42.5 Å². The van der Waals surface area contributed by atoms with Crippen LogP contribution in [-0.4, -0.2) is 57.1 Å². The Morgan fingerprint density at radius 3 is 2.19 bits per heavy atom. The molecule has 0 aliphatic carbocycles. The maximum absolute atomic E-state index is 13.3. The third-order valence-corrected chi connectivity index (χ3v) is 7.38. The van der Waals surface area contributed by atoms with Crippen LogP contribution in [0.2, 0.25) is 10.0 Å². The highest BCUT2D eigenvalue weighted by molar-refractivity contribution is 7.92. The highest BCUT2D eigenvalue weighted by Crippen LogP contribution is 2.25. The average molecular weight is 559 g/mol. The molecule has 0 aromatic heterocycles. The maximum atomic E-state index is 13.3. The van der Waals surface area contributed by atoms with Gasteiger partial charge >= 0.3 is 0 Å². The number of hydrogen-bond acceptors (Lipinski definition) is 5. The van der Waals surface area contributed by atoms with Crippen LogP contribution in [0, 0.1) is 0 Å². The summed E-state index contributed by atoms with van der Waals surface area (Å²) in [5, 5.41) is 3.57. The lowest BCUT2D eigenvalue weighted by atomic mass is 10.1. The van der Waals surface area contributed by atoms with Gasteiger partial charge in [-0.1, -0.05) is 29.3 Å². The first kappa shape index (κ1) is 29.7. The first-order valence-corrected chi connectivity index (χ1v) is 14.1. The summed E-state index contributed by atoms with van der Waals surface area (Å²) in [5.74, 6) is 0.0408. The van der Waals surface area contributed by atoms with Crippen LogP contribution >= 0.6 is 23.2 Å². The number of methoxy groups -OCH3 is 1. The molecule has 11 heteroatoms. The molecule has 2 rings (SSSR count). The molecule has 0 saturated heterocycles. The van der Waals surface area contributed by atoms with E-state index in [2.05, 4.69) is 5.32 Å². The van der Waals surface area contributed by atoms with Crippen LogP contribution in [0.1, 0.15) is 39.2 Å². The van der Waals surface area contributed by atoms with Crippen molar-refractivity contribution in [3.05, 3.63) is 58.1 Å². The standard InChI is InChI=1S/C25H33Cl2N3O5S/c1-17(2)28-25(32)18(3)29(16-19-8-13-22(26)23(27)15-19)24(31)7-6-14-30(36(5,33)34)20-9-11-21(35-4)12-10-20/h8-13,15,17-18H,6-7,14,16H2,1-5H3,(H,28,32)/t18-/m0/s1. The van der Waals surface area contributed by atoms with E-state index in [1.54, 1.807) is 49.4 Å². The van der Waals surface area contributed by atoms with Crippen LogP contribution in [0.5, 0.6) is 5.75 Å². The second kappa shape index (κ2) is 13.2. The molecule has 0 bridgehead atoms. The lowest BCUT2D eigenvalue weighted by Gasteiger charge is -2.30. The Bertz CT molecular complexity index is 1160. The lowest BCUT2D eigenvalue weighted by Crippen LogP contribution is -2.49. The van der Waals surface area contributed by atoms with Crippen LogP contribution in [0.25, 0.3) is 0 Å². The van der Waals surface area contributed by atoms with Gasteiger partial charge in [0, 0.05) is 25.6 Å². The molecular formula is C25H33Cl2N3O5S. The van der Waals surface area contributed by atoms with Crippen molar-refractivity contribution in [2.24, 2.45) is 0 Å². The molecule has 0 unspecified atom stereocenters. The Hall–Kier alpha value is -2.49. The van der Waals surface area contributed by atoms with Gasteiger partial charge in [0.25, 0.3) is 0 Å². The molecule has 0 spiro atoms. The van der Waals surface area contributed by atoms with Crippen molar-refractivity contribution in [3.8, 4) is 5.75 Å². The summed E-state index contributed by atoms with van der Waals surface area (Å²) in [7, 11) is -2.05. The number of halogens is 2. The first-order chi connectivity index (χ1) is 16.8. The number of anilines is 1. The maximum Gasteiger partial charge on any atom is 0.242 e. The van der Waals surface area contributed by atoms with Crippen molar-refractivity contribution >= 4 is 50.7 Å². The molecule has 0 aliphatic heterocycles. The van der Waals surface area contributed by atoms with Gasteiger partial charge in [-0.3, -0.25) is 13.9 Å². The molecule has 36 heavy (non-hydrogen) atoms. The van der Waals surface area contributed by atoms with Gasteiger partial charge in [0.15, 0.2) is 0 Å². The van der Waals surface area contributed by atoms with E-state index in [1.165, 1.54) is 16.3 Å². The number of sulfonamides is 1. The fourth-order valence-corrected chi connectivity index (χ4v) is 4.86. The molecule has 2 aromatic carbocycles. The van der Waals surface area contributed by atoms with Gasteiger partial charge in [0.2, 0.25) is 21.8 Å². The molecule has 8 nitrogen and oxygen atoms in total. The number of carbonyl (C=O) groups is 2. The molecule has 2 aromatic rings. The number of ether oxygens (including phenoxy) is 1. The smallest absolute Gasteiger partial charge is 0.242 e. The summed E-state index contributed by atoms with van der Waals surface area (Å²) < 4.78 is 31.2. The Balaban J connectivity index is 2.19. The number of hydrogen-bond donors (Lipinski definition) is 1. The van der Waals surface area contributed by atoms with Crippen molar-refractivity contribution in [1.82, 2.24) is 10.2 Å². The Morgan fingerprint density at radius 1 is 1.03 bits per heavy atom. The molecular weight excluding hydrogens is 525 g/mol. The van der Waals surface area contributed by atoms with E-state index < -0.39 is 16.1 Å². The zero-order chi connectivity index (χ0) is 27.0. The molecule has 0 heterocycles. The van der Waals surface area contributed by atoms with Gasteiger partial charge < -0.3 is 15.0 Å². The second-order valence-electron chi connectivity index (χ2n) is 8.75. The highest BCUT2D eigenvalue weighted by Gasteiger charge is 2.27. The Labute approximate surface area is 223 Å². The van der Waals surface area contributed by atoms with Crippen molar-refractivity contribution in [1.29, 1.82) is 0 Å². The zero-order valence-electron chi connectivity index (χ0n) is 21.1. The topological polar surface area (TPSA) is 96.0 Å². The minimum atomic E-state index is -3.58. The van der Waals surface area contributed by atoms with Gasteiger partial charge in [0.05, 0.1) is 29.1 Å². The molecule has 1 atom stereocenters. The van der Waals surface area contributed by atoms with E-state index in [1.807, 2.05) is 13.8 Å². The fraction of sp³-hybridized carbons (Fsp3) is 0.440. The molecule has 0 aliphatic rings. The zero-order valence-corrected chi connectivity index (χ0v) is 23.5. The van der Waals surface area contributed by atoms with Gasteiger partial charge in [-0.25, -0.2) is 8.42 Å². The summed E-state index contributed by atoms with van der Waals surface area (Å²) >= 11 is 12.2. The molecule has 0 radical (unpaired) electrons. The SMILES string of the molecule is COc1ccc(N(CCCC(=O)N(Cc2ccc(Cl)c(Cl)c2)[C@@H](C)C(=O)NC(C)C)S(C)(=O)=O)cc1. The predicted octanol–water partition coefficient (Wildman–Crippen LogP) is 4.49. The number of rotatable bonds is 12. The number of nitrogens with one attached hydrogen (secondary N) is 1. The van der Waals surface area contributed by atoms with Crippen molar-refractivity contribution < 1.29 is 22.7 Å². The van der Waals surface area contributed by atoms with Crippen molar-refractivity contribution in [2.45, 2.75) is 52.2 Å². The third-order valence-electron chi connectivity index (χ3n) is 5.45. The predicted molar refractivity (Wildman–Crippen MR) is 144 cm³/mol. The average Bonchev–Trinajstić information content (AvgIpc) is 2.80. The monoisotopic (exact) mass is 557 g/mol. The van der Waals surface area contributed by atoms with E-state index in [-0.39, 0.29) is 43.8 Å². The summed E-state index contributed by atoms with van der Waals surface area (Å²) in [6, 6.07) is 10.9. The molecule has 2 amide bonds. The van der Waals surface area contributed by atoms with E-state index in [9.17, 15) is 18.0 Å². The molecule has 0 fully saturated rings. The molecule has 198 valence electrons. The van der Waals surface area contributed by atoms with Gasteiger partial charge in [-0.2, -0.15) is 0 Å². The largest absolute Gasteiger partial charge is 0.497 e. The van der Waals surface area contributed by atoms with Crippen molar-refractivity contribution in [3.63, 3.8) is 0 Å². The summed E-state index contributed by atoms with van der Waals surface area (Å²) in [4.78, 5) is 27.5. The Kier molecular flexibility index (Phi) is 10.9. The number of benzene rings is 2. The minimum Gasteiger partial charge on any atom is -0.497 e. The Morgan fingerprint density at radius 2 is 1.67 bits per heavy atom. The van der Waals surface area contributed by atoms with E-state index in [0.29, 0.717) is 21.5 Å². The third kappa shape index (κ3) is 8.57. The van der Waals surface area contributed by atoms with Crippen LogP contribution < -0.4 is 14.4 Å². The fourth-order valence-electron chi connectivity index (χ4n) is 3.57. The molecule has 1 N–H and O–H groups in total. The van der Waals surface area contributed by atoms with Crippen LogP contribution in [-0.2, 0) is 26.2 Å². The lowest BCUT2D eigenvalue weighted by molar-refractivity contribution is -0.140. The number of amides is 2. The van der Waals surface area contributed by atoms with Gasteiger partial charge in [0.1, 0.15) is 11.8 Å². The minimum absolute atomic E-state index is 0.0444. The van der Waals surface area contributed by atoms with Crippen molar-refractivity contribution in [2.75, 3.05) is 24.2 Å². The van der Waals surface area contributed by atoms with E-state index in [0.717, 1.165) is 11.8 Å². The number of carbonyl (C=O) groups excluding carboxylic acids is 2. The highest BCUT2D eigenvalue weighted by atomic mass is 35.5. The number of nitrogens with zero attached hydrogens (tertiary/aromatic N) is 2. The second-order valence-corrected chi connectivity index (χ2v) is 11.5. The van der Waals surface area contributed by atoms with Crippen LogP contribution in [0.4, 0.5) is 5.69 Å². The summed E-state index contributed by atoms with van der Waals surface area (Å²) in [6.07, 6.45) is 1.42. The van der Waals surface area contributed by atoms with E-state index in [4.69, 9.17) is 27.9 Å². The van der Waals surface area contributed by atoms with Gasteiger partial charge in [-0.15, -0.1) is 0 Å². The quantitative estimate of drug-likeness (QED) is 0.414. The van der Waals surface area contributed by atoms with Crippen LogP contribution in [0.3, 0.4) is 0 Å². The van der Waals surface area contributed by atoms with Gasteiger partial charge in [-0.05, 0) is 69.2 Å². The summed E-state index contributed by atoms with van der Waals surface area (Å²) in [5.41, 5.74) is 1.20. The van der Waals surface area contributed by atoms with E-state index >= 15 is 0 Å².